The lowest BCUT2D eigenvalue weighted by atomic mass is 9.94. The molecule has 0 amide bonds. The first kappa shape index (κ1) is 16.3. The van der Waals surface area contributed by atoms with E-state index in [1.165, 1.54) is 0 Å². The van der Waals surface area contributed by atoms with Crippen LogP contribution in [0.2, 0.25) is 0 Å². The zero-order chi connectivity index (χ0) is 17.3. The number of hydrogen-bond donors (Lipinski definition) is 0. The second-order valence-electron chi connectivity index (χ2n) is 5.78. The van der Waals surface area contributed by atoms with Crippen LogP contribution < -0.4 is 10.3 Å². The second kappa shape index (κ2) is 6.49. The maximum absolute atomic E-state index is 12.8. The monoisotopic (exact) mass is 323 g/mol. The number of rotatable bonds is 4. The van der Waals surface area contributed by atoms with Crippen LogP contribution in [-0.4, -0.2) is 18.8 Å². The summed E-state index contributed by atoms with van der Waals surface area (Å²) in [6.07, 6.45) is -0.214. The summed E-state index contributed by atoms with van der Waals surface area (Å²) in [6, 6.07) is 15.6. The summed E-state index contributed by atoms with van der Waals surface area (Å²) >= 11 is 0. The van der Waals surface area contributed by atoms with Crippen LogP contribution in [0.4, 0.5) is 0 Å². The lowest BCUT2D eigenvalue weighted by Gasteiger charge is -2.21. The minimum Gasteiger partial charge on any atom is -0.497 e. The van der Waals surface area contributed by atoms with Crippen LogP contribution in [-0.2, 0) is 11.8 Å². The van der Waals surface area contributed by atoms with Gasteiger partial charge in [-0.05, 0) is 30.7 Å². The predicted octanol–water partition coefficient (Wildman–Crippen LogP) is 3.92. The molecule has 0 aliphatic carbocycles. The predicted molar refractivity (Wildman–Crippen MR) is 96.6 cm³/mol. The van der Waals surface area contributed by atoms with Crippen molar-refractivity contribution in [1.82, 2.24) is 4.57 Å². The van der Waals surface area contributed by atoms with Gasteiger partial charge >= 0.3 is 0 Å². The van der Waals surface area contributed by atoms with Gasteiger partial charge in [0.1, 0.15) is 5.75 Å². The van der Waals surface area contributed by atoms with Crippen LogP contribution in [0, 0.1) is 0 Å². The van der Waals surface area contributed by atoms with Gasteiger partial charge in [0.2, 0.25) is 0 Å². The molecule has 0 bridgehead atoms. The number of fused-ring (bicyclic) bond motifs is 1. The molecule has 4 nitrogen and oxygen atoms in total. The van der Waals surface area contributed by atoms with E-state index in [2.05, 4.69) is 0 Å². The first-order chi connectivity index (χ1) is 11.6. The molecule has 1 unspecified atom stereocenters. The molecule has 0 aliphatic heterocycles. The van der Waals surface area contributed by atoms with Gasteiger partial charge in [0, 0.05) is 30.5 Å². The molecule has 0 aliphatic rings. The zero-order valence-electron chi connectivity index (χ0n) is 14.4. The zero-order valence-corrected chi connectivity index (χ0v) is 14.4. The molecule has 1 heterocycles. The third-order valence-electron chi connectivity index (χ3n) is 4.45. The summed E-state index contributed by atoms with van der Waals surface area (Å²) in [6.45, 7) is 1.95. The number of benzene rings is 2. The van der Waals surface area contributed by atoms with E-state index in [0.29, 0.717) is 5.39 Å². The molecule has 2 aromatic carbocycles. The quantitative estimate of drug-likeness (QED) is 0.730. The lowest BCUT2D eigenvalue weighted by Crippen LogP contribution is -2.23. The fraction of sp³-hybridized carbons (Fsp3) is 0.250. The Balaban J connectivity index is 2.52. The highest BCUT2D eigenvalue weighted by Crippen LogP contribution is 2.35. The Morgan fingerprint density at radius 3 is 2.33 bits per heavy atom. The maximum atomic E-state index is 12.8. The van der Waals surface area contributed by atoms with E-state index in [1.54, 1.807) is 25.8 Å². The number of methoxy groups -OCH3 is 2. The fourth-order valence-corrected chi connectivity index (χ4v) is 3.14. The molecule has 0 N–H and O–H groups in total. The van der Waals surface area contributed by atoms with E-state index < -0.39 is 0 Å². The first-order valence-electron chi connectivity index (χ1n) is 7.87. The standard InChI is InChI=1S/C20H21NO3/c1-13(23-3)19-18(14-8-6-5-7-9-14)17-12-15(24-4)10-11-16(17)20(22)21(19)2/h5-13H,1-4H3. The average Bonchev–Trinajstić information content (AvgIpc) is 2.64. The largest absolute Gasteiger partial charge is 0.497 e. The van der Waals surface area contributed by atoms with Crippen LogP contribution in [0.15, 0.2) is 53.3 Å². The van der Waals surface area contributed by atoms with Crippen molar-refractivity contribution in [2.45, 2.75) is 13.0 Å². The molecule has 0 saturated carbocycles. The Morgan fingerprint density at radius 2 is 1.71 bits per heavy atom. The van der Waals surface area contributed by atoms with E-state index in [4.69, 9.17) is 9.47 Å². The van der Waals surface area contributed by atoms with E-state index in [9.17, 15) is 4.79 Å². The Morgan fingerprint density at radius 1 is 1.00 bits per heavy atom. The van der Waals surface area contributed by atoms with Crippen LogP contribution in [0.5, 0.6) is 5.75 Å². The summed E-state index contributed by atoms with van der Waals surface area (Å²) in [5.74, 6) is 0.726. The minimum atomic E-state index is -0.214. The minimum absolute atomic E-state index is 0.0359. The molecule has 0 fully saturated rings. The number of aromatic nitrogens is 1. The van der Waals surface area contributed by atoms with Gasteiger partial charge < -0.3 is 14.0 Å². The fourth-order valence-electron chi connectivity index (χ4n) is 3.14. The van der Waals surface area contributed by atoms with Gasteiger partial charge in [-0.25, -0.2) is 0 Å². The van der Waals surface area contributed by atoms with Crippen LogP contribution in [0.25, 0.3) is 21.9 Å². The number of hydrogen-bond acceptors (Lipinski definition) is 3. The van der Waals surface area contributed by atoms with E-state index in [1.807, 2.05) is 55.5 Å². The molecule has 0 saturated heterocycles. The highest BCUT2D eigenvalue weighted by Gasteiger charge is 2.20. The summed E-state index contributed by atoms with van der Waals surface area (Å²) in [4.78, 5) is 12.8. The van der Waals surface area contributed by atoms with E-state index >= 15 is 0 Å². The van der Waals surface area contributed by atoms with Crippen LogP contribution in [0.3, 0.4) is 0 Å². The van der Waals surface area contributed by atoms with Crippen molar-refractivity contribution in [2.24, 2.45) is 7.05 Å². The lowest BCUT2D eigenvalue weighted by molar-refractivity contribution is 0.113. The Bertz CT molecular complexity index is 929. The van der Waals surface area contributed by atoms with Crippen molar-refractivity contribution < 1.29 is 9.47 Å². The summed E-state index contributed by atoms with van der Waals surface area (Å²) in [5, 5.41) is 1.55. The van der Waals surface area contributed by atoms with Crippen molar-refractivity contribution in [2.75, 3.05) is 14.2 Å². The van der Waals surface area contributed by atoms with Gasteiger partial charge in [0.25, 0.3) is 5.56 Å². The molecule has 24 heavy (non-hydrogen) atoms. The Kier molecular flexibility index (Phi) is 4.40. The van der Waals surface area contributed by atoms with Gasteiger partial charge in [-0.2, -0.15) is 0 Å². The summed E-state index contributed by atoms with van der Waals surface area (Å²) < 4.78 is 12.6. The molecule has 1 atom stereocenters. The third-order valence-corrected chi connectivity index (χ3v) is 4.45. The summed E-state index contributed by atoms with van der Waals surface area (Å²) in [7, 11) is 5.08. The molecule has 4 heteroatoms. The van der Waals surface area contributed by atoms with Gasteiger partial charge in [-0.3, -0.25) is 4.79 Å². The topological polar surface area (TPSA) is 40.5 Å². The SMILES string of the molecule is COc1ccc2c(=O)n(C)c(C(C)OC)c(-c3ccccc3)c2c1. The third kappa shape index (κ3) is 2.59. The second-order valence-corrected chi connectivity index (χ2v) is 5.78. The Hall–Kier alpha value is -2.59. The van der Waals surface area contributed by atoms with Crippen LogP contribution in [0.1, 0.15) is 18.7 Å². The molecule has 124 valence electrons. The number of ether oxygens (including phenoxy) is 2. The summed E-state index contributed by atoms with van der Waals surface area (Å²) in [5.41, 5.74) is 2.87. The maximum Gasteiger partial charge on any atom is 0.258 e. The van der Waals surface area contributed by atoms with Gasteiger partial charge in [-0.15, -0.1) is 0 Å². The molecule has 3 rings (SSSR count). The van der Waals surface area contributed by atoms with Crippen molar-refractivity contribution in [1.29, 1.82) is 0 Å². The van der Waals surface area contributed by atoms with Crippen molar-refractivity contribution in [3.05, 3.63) is 64.6 Å². The number of pyridine rings is 1. The van der Waals surface area contributed by atoms with E-state index in [0.717, 1.165) is 28.0 Å². The molecule has 0 spiro atoms. The molecule has 3 aromatic rings. The number of nitrogens with zero attached hydrogens (tertiary/aromatic N) is 1. The van der Waals surface area contributed by atoms with Gasteiger partial charge in [0.15, 0.2) is 0 Å². The average molecular weight is 323 g/mol. The van der Waals surface area contributed by atoms with E-state index in [-0.39, 0.29) is 11.7 Å². The first-order valence-corrected chi connectivity index (χ1v) is 7.87. The van der Waals surface area contributed by atoms with Crippen LogP contribution >= 0.6 is 0 Å². The molecular formula is C20H21NO3. The molecule has 1 aromatic heterocycles. The Labute approximate surface area is 141 Å². The van der Waals surface area contributed by atoms with Crippen molar-refractivity contribution >= 4 is 10.8 Å². The smallest absolute Gasteiger partial charge is 0.258 e. The van der Waals surface area contributed by atoms with Gasteiger partial charge in [0.05, 0.1) is 18.9 Å². The normalized spacial score (nSPS) is 12.3. The van der Waals surface area contributed by atoms with Crippen molar-refractivity contribution in [3.63, 3.8) is 0 Å². The molecule has 0 radical (unpaired) electrons. The van der Waals surface area contributed by atoms with Gasteiger partial charge in [-0.1, -0.05) is 30.3 Å². The highest BCUT2D eigenvalue weighted by atomic mass is 16.5. The molecular weight excluding hydrogens is 302 g/mol. The highest BCUT2D eigenvalue weighted by molar-refractivity contribution is 5.98. The van der Waals surface area contributed by atoms with Crippen molar-refractivity contribution in [3.8, 4) is 16.9 Å².